The molecule has 2 aromatic carbocycles. The fourth-order valence-electron chi connectivity index (χ4n) is 2.15. The summed E-state index contributed by atoms with van der Waals surface area (Å²) in [4.78, 5) is 16.3. The number of pyridine rings is 1. The first kappa shape index (κ1) is 17.8. The van der Waals surface area contributed by atoms with E-state index in [1.807, 2.05) is 0 Å². The molecule has 0 fully saturated rings. The molecule has 0 aliphatic heterocycles. The maximum absolute atomic E-state index is 13.7. The van der Waals surface area contributed by atoms with Crippen LogP contribution < -0.4 is 10.6 Å². The van der Waals surface area contributed by atoms with Crippen LogP contribution in [0.4, 0.5) is 30.4 Å². The number of hydrogen-bond donors (Lipinski definition) is 2. The minimum Gasteiger partial charge on any atom is -0.338 e. The van der Waals surface area contributed by atoms with Gasteiger partial charge in [0, 0.05) is 23.5 Å². The van der Waals surface area contributed by atoms with Gasteiger partial charge in [0.15, 0.2) is 0 Å². The second-order valence-electron chi connectivity index (χ2n) is 5.26. The van der Waals surface area contributed by atoms with Gasteiger partial charge in [-0.05, 0) is 42.5 Å². The number of rotatable bonds is 4. The maximum Gasteiger partial charge on any atom is 0.255 e. The van der Waals surface area contributed by atoms with E-state index in [0.717, 1.165) is 18.2 Å². The molecule has 0 aliphatic carbocycles. The Kier molecular flexibility index (Phi) is 5.09. The molecule has 0 saturated carbocycles. The highest BCUT2D eigenvalue weighted by molar-refractivity contribution is 6.31. The van der Waals surface area contributed by atoms with Gasteiger partial charge in [0.25, 0.3) is 5.91 Å². The summed E-state index contributed by atoms with van der Waals surface area (Å²) >= 11 is 5.68. The lowest BCUT2D eigenvalue weighted by Gasteiger charge is -2.09. The van der Waals surface area contributed by atoms with Gasteiger partial charge in [-0.2, -0.15) is 0 Å². The number of anilines is 3. The zero-order chi connectivity index (χ0) is 18.7. The Bertz CT molecular complexity index is 982. The molecule has 0 radical (unpaired) electrons. The van der Waals surface area contributed by atoms with Gasteiger partial charge in [-0.25, -0.2) is 18.2 Å². The highest BCUT2D eigenvalue weighted by atomic mass is 35.5. The summed E-state index contributed by atoms with van der Waals surface area (Å²) in [6, 6.07) is 9.68. The normalized spacial score (nSPS) is 10.5. The van der Waals surface area contributed by atoms with Crippen LogP contribution in [0.1, 0.15) is 10.4 Å². The van der Waals surface area contributed by atoms with E-state index in [2.05, 4.69) is 15.6 Å². The Balaban J connectivity index is 1.77. The van der Waals surface area contributed by atoms with Crippen LogP contribution in [-0.4, -0.2) is 10.9 Å². The molecule has 0 bridgehead atoms. The molecule has 8 heteroatoms. The molecule has 0 aliphatic rings. The van der Waals surface area contributed by atoms with Crippen molar-refractivity contribution in [3.05, 3.63) is 82.8 Å². The molecule has 4 nitrogen and oxygen atoms in total. The van der Waals surface area contributed by atoms with Gasteiger partial charge in [-0.15, -0.1) is 0 Å². The van der Waals surface area contributed by atoms with Crippen molar-refractivity contribution in [2.75, 3.05) is 10.6 Å². The minimum absolute atomic E-state index is 0.0155. The summed E-state index contributed by atoms with van der Waals surface area (Å²) < 4.78 is 39.8. The second kappa shape index (κ2) is 7.45. The molecule has 1 heterocycles. The van der Waals surface area contributed by atoms with Crippen LogP contribution >= 0.6 is 11.6 Å². The smallest absolute Gasteiger partial charge is 0.255 e. The minimum atomic E-state index is -0.789. The lowest BCUT2D eigenvalue weighted by molar-refractivity contribution is 0.102. The molecule has 132 valence electrons. The summed E-state index contributed by atoms with van der Waals surface area (Å²) in [5, 5.41) is 5.12. The molecule has 1 aromatic heterocycles. The largest absolute Gasteiger partial charge is 0.338 e. The molecule has 26 heavy (non-hydrogen) atoms. The SMILES string of the molecule is O=C(Nc1ccc(F)c(Cl)c1)c1ccnc(Nc2ccc(F)cc2F)c1. The third kappa shape index (κ3) is 4.12. The Morgan fingerprint density at radius 2 is 1.77 bits per heavy atom. The molecule has 0 atom stereocenters. The summed E-state index contributed by atoms with van der Waals surface area (Å²) in [6.45, 7) is 0. The zero-order valence-corrected chi connectivity index (χ0v) is 13.8. The Morgan fingerprint density at radius 3 is 2.50 bits per heavy atom. The first-order valence-electron chi connectivity index (χ1n) is 7.37. The Hall–Kier alpha value is -3.06. The summed E-state index contributed by atoms with van der Waals surface area (Å²) in [7, 11) is 0. The third-order valence-electron chi connectivity index (χ3n) is 3.39. The summed E-state index contributed by atoms with van der Waals surface area (Å²) in [5.74, 6) is -2.38. The van der Waals surface area contributed by atoms with E-state index in [9.17, 15) is 18.0 Å². The highest BCUT2D eigenvalue weighted by Crippen LogP contribution is 2.22. The average Bonchev–Trinajstić information content (AvgIpc) is 2.61. The Morgan fingerprint density at radius 1 is 0.962 bits per heavy atom. The zero-order valence-electron chi connectivity index (χ0n) is 13.1. The molecule has 2 N–H and O–H groups in total. The van der Waals surface area contributed by atoms with Crippen LogP contribution in [0.5, 0.6) is 0 Å². The number of hydrogen-bond acceptors (Lipinski definition) is 3. The van der Waals surface area contributed by atoms with Crippen LogP contribution in [0.15, 0.2) is 54.7 Å². The second-order valence-corrected chi connectivity index (χ2v) is 5.67. The topological polar surface area (TPSA) is 54.0 Å². The molecular weight excluding hydrogens is 367 g/mol. The van der Waals surface area contributed by atoms with Gasteiger partial charge in [-0.3, -0.25) is 4.79 Å². The van der Waals surface area contributed by atoms with Gasteiger partial charge in [-0.1, -0.05) is 11.6 Å². The van der Waals surface area contributed by atoms with Crippen LogP contribution in [0, 0.1) is 17.5 Å². The van der Waals surface area contributed by atoms with Gasteiger partial charge in [0.1, 0.15) is 23.3 Å². The van der Waals surface area contributed by atoms with E-state index < -0.39 is 23.4 Å². The first-order chi connectivity index (χ1) is 12.4. The number of nitrogens with one attached hydrogen (secondary N) is 2. The van der Waals surface area contributed by atoms with Gasteiger partial charge in [0.05, 0.1) is 10.7 Å². The van der Waals surface area contributed by atoms with Crippen LogP contribution in [0.25, 0.3) is 0 Å². The van der Waals surface area contributed by atoms with Crippen molar-refractivity contribution < 1.29 is 18.0 Å². The molecule has 1 amide bonds. The van der Waals surface area contributed by atoms with Crippen LogP contribution in [0.2, 0.25) is 5.02 Å². The molecule has 0 spiro atoms. The third-order valence-corrected chi connectivity index (χ3v) is 3.68. The molecule has 0 saturated heterocycles. The van der Waals surface area contributed by atoms with E-state index in [-0.39, 0.29) is 22.1 Å². The Labute approximate surface area is 151 Å². The number of benzene rings is 2. The van der Waals surface area contributed by atoms with Crippen molar-refractivity contribution in [3.63, 3.8) is 0 Å². The van der Waals surface area contributed by atoms with Crippen molar-refractivity contribution in [3.8, 4) is 0 Å². The predicted molar refractivity (Wildman–Crippen MR) is 93.2 cm³/mol. The van der Waals surface area contributed by atoms with E-state index in [1.54, 1.807) is 0 Å². The van der Waals surface area contributed by atoms with Crippen molar-refractivity contribution in [2.45, 2.75) is 0 Å². The number of halogens is 4. The fourth-order valence-corrected chi connectivity index (χ4v) is 2.33. The molecule has 3 rings (SSSR count). The quantitative estimate of drug-likeness (QED) is 0.661. The first-order valence-corrected chi connectivity index (χ1v) is 7.75. The molecular formula is C18H11ClF3N3O. The van der Waals surface area contributed by atoms with Gasteiger partial charge < -0.3 is 10.6 Å². The van der Waals surface area contributed by atoms with Crippen LogP contribution in [-0.2, 0) is 0 Å². The molecule has 3 aromatic rings. The average molecular weight is 378 g/mol. The number of nitrogens with zero attached hydrogens (tertiary/aromatic N) is 1. The van der Waals surface area contributed by atoms with Gasteiger partial charge >= 0.3 is 0 Å². The lowest BCUT2D eigenvalue weighted by Crippen LogP contribution is -2.12. The standard InChI is InChI=1S/C18H11ClF3N3O/c19-13-9-12(2-3-14(13)21)24-18(26)10-5-6-23-17(7-10)25-16-4-1-11(20)8-15(16)22/h1-9H,(H,23,25)(H,24,26). The summed E-state index contributed by atoms with van der Waals surface area (Å²) in [5.41, 5.74) is 0.560. The maximum atomic E-state index is 13.7. The van der Waals surface area contributed by atoms with Crippen molar-refractivity contribution in [1.29, 1.82) is 0 Å². The predicted octanol–water partition coefficient (Wildman–Crippen LogP) is 5.15. The number of amides is 1. The van der Waals surface area contributed by atoms with Crippen molar-refractivity contribution in [1.82, 2.24) is 4.98 Å². The number of aromatic nitrogens is 1. The van der Waals surface area contributed by atoms with E-state index in [0.29, 0.717) is 5.69 Å². The van der Waals surface area contributed by atoms with Crippen LogP contribution in [0.3, 0.4) is 0 Å². The van der Waals surface area contributed by atoms with Crippen molar-refractivity contribution >= 4 is 34.7 Å². The van der Waals surface area contributed by atoms with Crippen molar-refractivity contribution in [2.24, 2.45) is 0 Å². The lowest BCUT2D eigenvalue weighted by atomic mass is 10.2. The summed E-state index contributed by atoms with van der Waals surface area (Å²) in [6.07, 6.45) is 1.36. The monoisotopic (exact) mass is 377 g/mol. The molecule has 0 unspecified atom stereocenters. The van der Waals surface area contributed by atoms with E-state index in [4.69, 9.17) is 11.6 Å². The van der Waals surface area contributed by atoms with Gasteiger partial charge in [0.2, 0.25) is 0 Å². The highest BCUT2D eigenvalue weighted by Gasteiger charge is 2.10. The number of carbonyl (C=O) groups excluding carboxylic acids is 1. The fraction of sp³-hybridized carbons (Fsp3) is 0. The van der Waals surface area contributed by atoms with E-state index >= 15 is 0 Å². The number of carbonyl (C=O) groups is 1. The van der Waals surface area contributed by atoms with E-state index in [1.165, 1.54) is 36.5 Å².